The van der Waals surface area contributed by atoms with Gasteiger partial charge in [-0.05, 0) is 19.4 Å². The van der Waals surface area contributed by atoms with E-state index < -0.39 is 0 Å². The third-order valence-corrected chi connectivity index (χ3v) is 4.31. The third-order valence-electron chi connectivity index (χ3n) is 2.84. The summed E-state index contributed by atoms with van der Waals surface area (Å²) in [4.78, 5) is 8.97. The van der Waals surface area contributed by atoms with E-state index in [0.717, 1.165) is 17.2 Å². The Labute approximate surface area is 103 Å². The van der Waals surface area contributed by atoms with Gasteiger partial charge in [-0.1, -0.05) is 6.42 Å². The van der Waals surface area contributed by atoms with Gasteiger partial charge in [-0.15, -0.1) is 22.7 Å². The Hall–Kier alpha value is -0.780. The van der Waals surface area contributed by atoms with Gasteiger partial charge in [-0.25, -0.2) is 9.97 Å². The van der Waals surface area contributed by atoms with Crippen molar-refractivity contribution in [1.29, 1.82) is 0 Å². The molecular formula is C11H13N3S2. The molecule has 1 N–H and O–H groups in total. The number of rotatable bonds is 2. The predicted octanol–water partition coefficient (Wildman–Crippen LogP) is 3.08. The third kappa shape index (κ3) is 2.03. The summed E-state index contributed by atoms with van der Waals surface area (Å²) in [7, 11) is 0. The van der Waals surface area contributed by atoms with E-state index in [1.807, 2.05) is 5.51 Å². The molecule has 84 valence electrons. The van der Waals surface area contributed by atoms with E-state index in [9.17, 15) is 0 Å². The van der Waals surface area contributed by atoms with E-state index in [-0.39, 0.29) is 0 Å². The van der Waals surface area contributed by atoms with Crippen LogP contribution in [0.2, 0.25) is 0 Å². The van der Waals surface area contributed by atoms with Crippen molar-refractivity contribution in [3.63, 3.8) is 0 Å². The van der Waals surface area contributed by atoms with Gasteiger partial charge in [-0.3, -0.25) is 0 Å². The van der Waals surface area contributed by atoms with Crippen LogP contribution in [-0.4, -0.2) is 16.5 Å². The number of aromatic nitrogens is 2. The van der Waals surface area contributed by atoms with Crippen LogP contribution in [0.5, 0.6) is 0 Å². The summed E-state index contributed by atoms with van der Waals surface area (Å²) < 4.78 is 0. The van der Waals surface area contributed by atoms with Gasteiger partial charge in [-0.2, -0.15) is 0 Å². The molecule has 16 heavy (non-hydrogen) atoms. The zero-order valence-electron chi connectivity index (χ0n) is 8.85. The van der Waals surface area contributed by atoms with Gasteiger partial charge in [0, 0.05) is 10.8 Å². The van der Waals surface area contributed by atoms with Gasteiger partial charge in [0.25, 0.3) is 0 Å². The SMILES string of the molecule is c1nc(-c2nc(C3CCCCN3)cs2)cs1. The Morgan fingerprint density at radius 1 is 1.31 bits per heavy atom. The Morgan fingerprint density at radius 2 is 2.31 bits per heavy atom. The molecule has 2 aromatic rings. The summed E-state index contributed by atoms with van der Waals surface area (Å²) in [6.45, 7) is 1.12. The molecule has 3 rings (SSSR count). The molecular weight excluding hydrogens is 238 g/mol. The molecule has 1 atom stereocenters. The summed E-state index contributed by atoms with van der Waals surface area (Å²) in [6.07, 6.45) is 3.81. The van der Waals surface area contributed by atoms with Gasteiger partial charge in [0.05, 0.1) is 17.2 Å². The molecule has 1 saturated heterocycles. The molecule has 1 unspecified atom stereocenters. The van der Waals surface area contributed by atoms with E-state index >= 15 is 0 Å². The van der Waals surface area contributed by atoms with E-state index in [1.54, 1.807) is 22.7 Å². The number of piperidine rings is 1. The van der Waals surface area contributed by atoms with Crippen molar-refractivity contribution in [1.82, 2.24) is 15.3 Å². The highest BCUT2D eigenvalue weighted by Crippen LogP contribution is 2.29. The fourth-order valence-corrected chi connectivity index (χ4v) is 3.44. The van der Waals surface area contributed by atoms with E-state index in [0.29, 0.717) is 6.04 Å². The molecule has 0 aromatic carbocycles. The maximum atomic E-state index is 4.68. The van der Waals surface area contributed by atoms with Crippen LogP contribution in [0.25, 0.3) is 10.7 Å². The van der Waals surface area contributed by atoms with Crippen LogP contribution in [0.1, 0.15) is 31.0 Å². The fourth-order valence-electron chi connectivity index (χ4n) is 1.99. The largest absolute Gasteiger partial charge is 0.309 e. The molecule has 1 fully saturated rings. The first kappa shape index (κ1) is 10.4. The van der Waals surface area contributed by atoms with Gasteiger partial charge < -0.3 is 5.32 Å². The topological polar surface area (TPSA) is 37.8 Å². The maximum Gasteiger partial charge on any atom is 0.143 e. The smallest absolute Gasteiger partial charge is 0.143 e. The molecule has 2 aromatic heterocycles. The molecule has 0 spiro atoms. The molecule has 0 radical (unpaired) electrons. The average Bonchev–Trinajstić information content (AvgIpc) is 3.01. The number of nitrogens with zero attached hydrogens (tertiary/aromatic N) is 2. The van der Waals surface area contributed by atoms with Crippen molar-refractivity contribution in [2.24, 2.45) is 0 Å². The number of hydrogen-bond donors (Lipinski definition) is 1. The van der Waals surface area contributed by atoms with Crippen molar-refractivity contribution in [3.05, 3.63) is 22.0 Å². The van der Waals surface area contributed by atoms with Crippen LogP contribution in [-0.2, 0) is 0 Å². The second-order valence-corrected chi connectivity index (χ2v) is 5.53. The summed E-state index contributed by atoms with van der Waals surface area (Å²) in [5.41, 5.74) is 4.06. The number of hydrogen-bond acceptors (Lipinski definition) is 5. The lowest BCUT2D eigenvalue weighted by atomic mass is 10.0. The molecule has 0 amide bonds. The van der Waals surface area contributed by atoms with Crippen molar-refractivity contribution < 1.29 is 0 Å². The second kappa shape index (κ2) is 4.61. The molecule has 5 heteroatoms. The summed E-state index contributed by atoms with van der Waals surface area (Å²) >= 11 is 3.31. The standard InChI is InChI=1S/C11H13N3S2/c1-2-4-12-8(3-1)9-6-16-11(14-9)10-5-15-7-13-10/h5-8,12H,1-4H2. The van der Waals surface area contributed by atoms with E-state index in [4.69, 9.17) is 0 Å². The summed E-state index contributed by atoms with van der Waals surface area (Å²) in [6, 6.07) is 0.456. The molecule has 0 saturated carbocycles. The Balaban J connectivity index is 1.82. The Bertz CT molecular complexity index is 444. The van der Waals surface area contributed by atoms with Crippen LogP contribution < -0.4 is 5.32 Å². The first-order valence-corrected chi connectivity index (χ1v) is 7.33. The molecule has 3 nitrogen and oxygen atoms in total. The zero-order chi connectivity index (χ0) is 10.8. The molecule has 3 heterocycles. The summed E-state index contributed by atoms with van der Waals surface area (Å²) in [5, 5.41) is 8.78. The average molecular weight is 251 g/mol. The van der Waals surface area contributed by atoms with Crippen LogP contribution in [0.15, 0.2) is 16.3 Å². The molecule has 0 bridgehead atoms. The van der Waals surface area contributed by atoms with Crippen molar-refractivity contribution >= 4 is 22.7 Å². The minimum absolute atomic E-state index is 0.456. The maximum absolute atomic E-state index is 4.68. The Kier molecular flexibility index (Phi) is 2.99. The second-order valence-electron chi connectivity index (χ2n) is 3.95. The predicted molar refractivity (Wildman–Crippen MR) is 67.8 cm³/mol. The normalized spacial score (nSPS) is 21.1. The highest BCUT2D eigenvalue weighted by atomic mass is 32.1. The summed E-state index contributed by atoms with van der Waals surface area (Å²) in [5.74, 6) is 0. The van der Waals surface area contributed by atoms with Crippen LogP contribution in [0.3, 0.4) is 0 Å². The number of thiazole rings is 2. The lowest BCUT2D eigenvalue weighted by molar-refractivity contribution is 0.407. The highest BCUT2D eigenvalue weighted by molar-refractivity contribution is 7.13. The quantitative estimate of drug-likeness (QED) is 0.891. The van der Waals surface area contributed by atoms with Crippen LogP contribution in [0, 0.1) is 0 Å². The van der Waals surface area contributed by atoms with Gasteiger partial charge in [0.15, 0.2) is 0 Å². The lowest BCUT2D eigenvalue weighted by Gasteiger charge is -2.21. The first-order chi connectivity index (χ1) is 7.93. The Morgan fingerprint density at radius 3 is 3.06 bits per heavy atom. The monoisotopic (exact) mass is 251 g/mol. The van der Waals surface area contributed by atoms with Gasteiger partial charge >= 0.3 is 0 Å². The minimum atomic E-state index is 0.456. The highest BCUT2D eigenvalue weighted by Gasteiger charge is 2.18. The van der Waals surface area contributed by atoms with Crippen LogP contribution >= 0.6 is 22.7 Å². The van der Waals surface area contributed by atoms with Crippen molar-refractivity contribution in [3.8, 4) is 10.7 Å². The lowest BCUT2D eigenvalue weighted by Crippen LogP contribution is -2.26. The minimum Gasteiger partial charge on any atom is -0.309 e. The van der Waals surface area contributed by atoms with E-state index in [2.05, 4.69) is 26.0 Å². The van der Waals surface area contributed by atoms with Gasteiger partial charge in [0.2, 0.25) is 0 Å². The number of nitrogens with one attached hydrogen (secondary N) is 1. The first-order valence-electron chi connectivity index (χ1n) is 5.51. The molecule has 0 aliphatic carbocycles. The van der Waals surface area contributed by atoms with Gasteiger partial charge in [0.1, 0.15) is 10.7 Å². The van der Waals surface area contributed by atoms with Crippen molar-refractivity contribution in [2.45, 2.75) is 25.3 Å². The fraction of sp³-hybridized carbons (Fsp3) is 0.455. The van der Waals surface area contributed by atoms with Crippen molar-refractivity contribution in [2.75, 3.05) is 6.54 Å². The zero-order valence-corrected chi connectivity index (χ0v) is 10.5. The van der Waals surface area contributed by atoms with Crippen LogP contribution in [0.4, 0.5) is 0 Å². The van der Waals surface area contributed by atoms with E-state index in [1.165, 1.54) is 25.0 Å². The molecule has 1 aliphatic rings. The molecule has 1 aliphatic heterocycles.